The van der Waals surface area contributed by atoms with Crippen molar-refractivity contribution in [2.75, 3.05) is 24.7 Å². The first kappa shape index (κ1) is 31.1. The summed E-state index contributed by atoms with van der Waals surface area (Å²) < 4.78 is 32.1. The van der Waals surface area contributed by atoms with Gasteiger partial charge in [-0.1, -0.05) is 23.7 Å². The highest BCUT2D eigenvalue weighted by atomic mass is 35.5. The van der Waals surface area contributed by atoms with E-state index in [0.717, 1.165) is 24.3 Å². The van der Waals surface area contributed by atoms with Crippen LogP contribution in [0.4, 0.5) is 23.1 Å². The Balaban J connectivity index is 1.63. The van der Waals surface area contributed by atoms with Crippen molar-refractivity contribution in [1.82, 2.24) is 14.9 Å². The first-order valence-corrected chi connectivity index (χ1v) is 16.2. The number of para-hydroxylation sites is 1. The summed E-state index contributed by atoms with van der Waals surface area (Å²) in [7, 11) is 0.803. The number of ether oxygens (including phenoxy) is 1. The Morgan fingerprint density at radius 1 is 1.00 bits per heavy atom. The summed E-state index contributed by atoms with van der Waals surface area (Å²) >= 11 is 6.45. The van der Waals surface area contributed by atoms with Crippen molar-refractivity contribution in [2.45, 2.75) is 88.5 Å². The molecule has 4 rings (SSSR count). The van der Waals surface area contributed by atoms with Gasteiger partial charge in [0, 0.05) is 6.04 Å². The molecule has 1 fully saturated rings. The molecule has 10 heteroatoms. The van der Waals surface area contributed by atoms with Gasteiger partial charge in [0.1, 0.15) is 10.8 Å². The van der Waals surface area contributed by atoms with Crippen LogP contribution in [0.15, 0.2) is 47.5 Å². The van der Waals surface area contributed by atoms with Crippen molar-refractivity contribution < 1.29 is 13.2 Å². The van der Waals surface area contributed by atoms with E-state index in [1.807, 2.05) is 13.8 Å². The van der Waals surface area contributed by atoms with Crippen LogP contribution in [0.1, 0.15) is 70.4 Å². The third kappa shape index (κ3) is 7.31. The zero-order chi connectivity index (χ0) is 29.9. The van der Waals surface area contributed by atoms with Gasteiger partial charge in [0.05, 0.1) is 33.8 Å². The smallest absolute Gasteiger partial charge is 0.229 e. The third-order valence-corrected chi connectivity index (χ3v) is 10.1. The number of sulfone groups is 1. The summed E-state index contributed by atoms with van der Waals surface area (Å²) in [5, 5.41) is 6.13. The molecule has 41 heavy (non-hydrogen) atoms. The van der Waals surface area contributed by atoms with Gasteiger partial charge in [0.25, 0.3) is 0 Å². The summed E-state index contributed by atoms with van der Waals surface area (Å²) in [5.74, 6) is 1.86. The number of nitrogens with one attached hydrogen (secondary N) is 2. The van der Waals surface area contributed by atoms with E-state index >= 15 is 0 Å². The highest BCUT2D eigenvalue weighted by Gasteiger charge is 2.26. The molecular formula is C31H42ClN5O3S. The molecule has 3 aromatic rings. The van der Waals surface area contributed by atoms with Crippen molar-refractivity contribution in [3.63, 3.8) is 0 Å². The molecule has 1 aliphatic rings. The molecule has 2 N–H and O–H groups in total. The fraction of sp³-hybridized carbons (Fsp3) is 0.484. The largest absolute Gasteiger partial charge is 0.489 e. The average Bonchev–Trinajstić information content (AvgIpc) is 2.92. The van der Waals surface area contributed by atoms with Crippen LogP contribution in [0.2, 0.25) is 5.02 Å². The molecule has 1 aromatic heterocycles. The second-order valence-electron chi connectivity index (χ2n) is 11.6. The number of rotatable bonds is 10. The molecule has 0 spiro atoms. The van der Waals surface area contributed by atoms with Crippen molar-refractivity contribution in [1.29, 1.82) is 0 Å². The van der Waals surface area contributed by atoms with Crippen LogP contribution < -0.4 is 15.4 Å². The third-order valence-electron chi connectivity index (χ3n) is 7.66. The number of hydrogen-bond donors (Lipinski definition) is 2. The Morgan fingerprint density at radius 3 is 2.32 bits per heavy atom. The van der Waals surface area contributed by atoms with Gasteiger partial charge in [-0.2, -0.15) is 4.98 Å². The fourth-order valence-electron chi connectivity index (χ4n) is 5.33. The molecule has 0 aliphatic heterocycles. The standard InChI is InChI=1S/C31H42ClN5O3S/c1-19(2)40-28-17-24(22-12-14-23(15-13-22)37(6)7)21(5)16-27(28)35-31-33-18-25(32)30(36-31)34-26-10-8-9-11-29(26)41(38,39)20(3)4/h8-11,16-20,22-23H,12-15H2,1-7H3,(H2,33,34,35,36)/t22-,23-. The minimum Gasteiger partial charge on any atom is -0.489 e. The first-order chi connectivity index (χ1) is 19.4. The topological polar surface area (TPSA) is 96.5 Å². The maximum Gasteiger partial charge on any atom is 0.229 e. The van der Waals surface area contributed by atoms with Gasteiger partial charge in [-0.3, -0.25) is 0 Å². The van der Waals surface area contributed by atoms with E-state index in [4.69, 9.17) is 16.3 Å². The molecular weight excluding hydrogens is 558 g/mol. The van der Waals surface area contributed by atoms with Gasteiger partial charge in [0.2, 0.25) is 5.95 Å². The van der Waals surface area contributed by atoms with E-state index in [9.17, 15) is 8.42 Å². The van der Waals surface area contributed by atoms with Crippen molar-refractivity contribution in [3.8, 4) is 5.75 Å². The lowest BCUT2D eigenvalue weighted by atomic mass is 9.80. The lowest BCUT2D eigenvalue weighted by Crippen LogP contribution is -2.31. The number of anilines is 4. The summed E-state index contributed by atoms with van der Waals surface area (Å²) in [5.41, 5.74) is 3.68. The van der Waals surface area contributed by atoms with Crippen molar-refractivity contribution in [3.05, 3.63) is 58.7 Å². The van der Waals surface area contributed by atoms with Crippen LogP contribution in [-0.4, -0.2) is 54.8 Å². The summed E-state index contributed by atoms with van der Waals surface area (Å²) in [6, 6.07) is 11.7. The fourth-order valence-corrected chi connectivity index (χ4v) is 6.67. The summed E-state index contributed by atoms with van der Waals surface area (Å²) in [4.78, 5) is 11.5. The Hall–Kier alpha value is -2.88. The highest BCUT2D eigenvalue weighted by Crippen LogP contribution is 2.40. The van der Waals surface area contributed by atoms with E-state index in [-0.39, 0.29) is 16.0 Å². The van der Waals surface area contributed by atoms with Gasteiger partial charge in [-0.05, 0) is 116 Å². The van der Waals surface area contributed by atoms with Crippen LogP contribution in [0, 0.1) is 6.92 Å². The summed E-state index contributed by atoms with van der Waals surface area (Å²) in [6.07, 6.45) is 6.16. The molecule has 0 atom stereocenters. The van der Waals surface area contributed by atoms with E-state index in [1.165, 1.54) is 30.2 Å². The molecule has 0 bridgehead atoms. The minimum atomic E-state index is -3.53. The van der Waals surface area contributed by atoms with Crippen LogP contribution in [-0.2, 0) is 9.84 Å². The Kier molecular flexibility index (Phi) is 9.82. The molecule has 0 radical (unpaired) electrons. The Morgan fingerprint density at radius 2 is 1.68 bits per heavy atom. The maximum absolute atomic E-state index is 12.9. The predicted molar refractivity (Wildman–Crippen MR) is 168 cm³/mol. The molecule has 2 aromatic carbocycles. The lowest BCUT2D eigenvalue weighted by Gasteiger charge is -2.33. The number of halogens is 1. The molecule has 1 saturated carbocycles. The second kappa shape index (κ2) is 13.0. The number of benzene rings is 2. The number of aryl methyl sites for hydroxylation is 1. The maximum atomic E-state index is 12.9. The van der Waals surface area contributed by atoms with Gasteiger partial charge in [-0.15, -0.1) is 0 Å². The SMILES string of the molecule is Cc1cc(Nc2ncc(Cl)c(Nc3ccccc3S(=O)(=O)C(C)C)n2)c(OC(C)C)cc1[C@H]1CC[C@H](N(C)C)CC1. The molecule has 0 unspecified atom stereocenters. The Bertz CT molecular complexity index is 1470. The molecule has 8 nitrogen and oxygen atoms in total. The van der Waals surface area contributed by atoms with E-state index in [0.29, 0.717) is 29.4 Å². The van der Waals surface area contributed by atoms with Gasteiger partial charge in [0.15, 0.2) is 15.7 Å². The Labute approximate surface area is 249 Å². The number of aromatic nitrogens is 2. The molecule has 1 aliphatic carbocycles. The number of hydrogen-bond acceptors (Lipinski definition) is 8. The molecule has 222 valence electrons. The zero-order valence-corrected chi connectivity index (χ0v) is 26.6. The monoisotopic (exact) mass is 599 g/mol. The molecule has 0 amide bonds. The van der Waals surface area contributed by atoms with Crippen LogP contribution in [0.25, 0.3) is 0 Å². The molecule has 0 saturated heterocycles. The van der Waals surface area contributed by atoms with Gasteiger partial charge < -0.3 is 20.3 Å². The van der Waals surface area contributed by atoms with Gasteiger partial charge in [-0.25, -0.2) is 13.4 Å². The first-order valence-electron chi connectivity index (χ1n) is 14.2. The quantitative estimate of drug-likeness (QED) is 0.247. The van der Waals surface area contributed by atoms with Crippen molar-refractivity contribution >= 4 is 44.6 Å². The predicted octanol–water partition coefficient (Wildman–Crippen LogP) is 7.48. The highest BCUT2D eigenvalue weighted by molar-refractivity contribution is 7.92. The normalized spacial score (nSPS) is 17.7. The van der Waals surface area contributed by atoms with E-state index in [2.05, 4.69) is 58.7 Å². The van der Waals surface area contributed by atoms with Crippen molar-refractivity contribution in [2.24, 2.45) is 0 Å². The zero-order valence-electron chi connectivity index (χ0n) is 25.0. The van der Waals surface area contributed by atoms with Crippen LogP contribution in [0.5, 0.6) is 5.75 Å². The van der Waals surface area contributed by atoms with Crippen LogP contribution in [0.3, 0.4) is 0 Å². The summed E-state index contributed by atoms with van der Waals surface area (Å²) in [6.45, 7) is 9.47. The minimum absolute atomic E-state index is 0.0154. The van der Waals surface area contributed by atoms with E-state index < -0.39 is 15.1 Å². The molecule has 1 heterocycles. The number of nitrogens with zero attached hydrogens (tertiary/aromatic N) is 3. The van der Waals surface area contributed by atoms with E-state index in [1.54, 1.807) is 38.1 Å². The lowest BCUT2D eigenvalue weighted by molar-refractivity contribution is 0.215. The second-order valence-corrected chi connectivity index (χ2v) is 14.5. The average molecular weight is 600 g/mol. The van der Waals surface area contributed by atoms with Gasteiger partial charge >= 0.3 is 0 Å². The van der Waals surface area contributed by atoms with Crippen LogP contribution >= 0.6 is 11.6 Å².